The van der Waals surface area contributed by atoms with Gasteiger partial charge in [-0.2, -0.15) is 4.31 Å². The van der Waals surface area contributed by atoms with Gasteiger partial charge in [0.2, 0.25) is 10.0 Å². The van der Waals surface area contributed by atoms with Crippen LogP contribution in [0.2, 0.25) is 5.02 Å². The Hall–Kier alpha value is -3.46. The third-order valence-electron chi connectivity index (χ3n) is 6.14. The lowest BCUT2D eigenvalue weighted by Crippen LogP contribution is -2.42. The molecule has 0 aliphatic carbocycles. The van der Waals surface area contributed by atoms with E-state index in [1.807, 2.05) is 31.2 Å². The molecule has 3 aromatic carbocycles. The minimum atomic E-state index is -4.45. The van der Waals surface area contributed by atoms with Crippen LogP contribution in [0.1, 0.15) is 45.6 Å². The first kappa shape index (κ1) is 25.6. The number of methoxy groups -OCH3 is 1. The van der Waals surface area contributed by atoms with Crippen molar-refractivity contribution in [3.63, 3.8) is 0 Å². The maximum atomic E-state index is 14.4. The number of aliphatic carboxylic acids is 1. The van der Waals surface area contributed by atoms with Gasteiger partial charge in [-0.05, 0) is 48.7 Å². The molecule has 2 atom stereocenters. The normalized spacial score (nSPS) is 18.4. The van der Waals surface area contributed by atoms with Crippen LogP contribution in [0.5, 0.6) is 0 Å². The first-order chi connectivity index (χ1) is 17.1. The number of halogens is 1. The van der Waals surface area contributed by atoms with Crippen LogP contribution in [0.3, 0.4) is 0 Å². The molecule has 1 heterocycles. The fourth-order valence-corrected chi connectivity index (χ4v) is 6.60. The van der Waals surface area contributed by atoms with Crippen LogP contribution in [0.4, 0.5) is 0 Å². The van der Waals surface area contributed by atoms with E-state index < -0.39 is 34.0 Å². The molecule has 0 fully saturated rings. The molecule has 9 heteroatoms. The van der Waals surface area contributed by atoms with Crippen LogP contribution in [-0.2, 0) is 19.6 Å². The van der Waals surface area contributed by atoms with Crippen molar-refractivity contribution >= 4 is 33.6 Å². The van der Waals surface area contributed by atoms with Gasteiger partial charge in [0.15, 0.2) is 0 Å². The number of ether oxygens (including phenoxy) is 1. The third-order valence-corrected chi connectivity index (χ3v) is 8.31. The third kappa shape index (κ3) is 4.80. The van der Waals surface area contributed by atoms with Gasteiger partial charge in [0.05, 0.1) is 35.2 Å². The van der Waals surface area contributed by atoms with Gasteiger partial charge >= 0.3 is 11.9 Å². The number of benzene rings is 3. The van der Waals surface area contributed by atoms with Crippen molar-refractivity contribution in [3.8, 4) is 0 Å². The van der Waals surface area contributed by atoms with Crippen LogP contribution >= 0.6 is 11.6 Å². The Bertz CT molecular complexity index is 1450. The lowest BCUT2D eigenvalue weighted by Gasteiger charge is -2.41. The number of rotatable bonds is 6. The van der Waals surface area contributed by atoms with E-state index in [4.69, 9.17) is 16.3 Å². The molecule has 1 aliphatic rings. The summed E-state index contributed by atoms with van der Waals surface area (Å²) in [7, 11) is -3.28. The SMILES string of the molecule is COC(=O)c1ccccc1S(=O)(=O)N1[C@@H](c2cccc(Cl)c2)C(C(=O)O)=CC[C@H]1c1ccc(C)cc1. The highest BCUT2D eigenvalue weighted by Crippen LogP contribution is 2.46. The molecule has 36 heavy (non-hydrogen) atoms. The van der Waals surface area contributed by atoms with Crippen molar-refractivity contribution in [3.05, 3.63) is 112 Å². The molecule has 0 spiro atoms. The van der Waals surface area contributed by atoms with Crippen molar-refractivity contribution < 1.29 is 27.9 Å². The van der Waals surface area contributed by atoms with Gasteiger partial charge in [-0.1, -0.05) is 71.8 Å². The smallest absolute Gasteiger partial charge is 0.339 e. The van der Waals surface area contributed by atoms with Crippen molar-refractivity contribution in [2.24, 2.45) is 0 Å². The highest BCUT2D eigenvalue weighted by molar-refractivity contribution is 7.89. The zero-order valence-electron chi connectivity index (χ0n) is 19.6. The molecule has 1 N–H and O–H groups in total. The summed E-state index contributed by atoms with van der Waals surface area (Å²) in [6.45, 7) is 1.92. The van der Waals surface area contributed by atoms with Gasteiger partial charge in [-0.25, -0.2) is 18.0 Å². The first-order valence-electron chi connectivity index (χ1n) is 11.1. The minimum absolute atomic E-state index is 0.0975. The number of aryl methyl sites for hydroxylation is 1. The van der Waals surface area contributed by atoms with Gasteiger partial charge in [0.25, 0.3) is 0 Å². The lowest BCUT2D eigenvalue weighted by atomic mass is 9.89. The van der Waals surface area contributed by atoms with Crippen molar-refractivity contribution in [1.82, 2.24) is 4.31 Å². The zero-order chi connectivity index (χ0) is 26.0. The monoisotopic (exact) mass is 525 g/mol. The maximum absolute atomic E-state index is 14.4. The molecule has 4 rings (SSSR count). The average molecular weight is 526 g/mol. The van der Waals surface area contributed by atoms with Crippen LogP contribution in [0.25, 0.3) is 0 Å². The minimum Gasteiger partial charge on any atom is -0.478 e. The fourth-order valence-electron chi connectivity index (χ4n) is 4.44. The molecule has 3 aromatic rings. The number of esters is 1. The Balaban J connectivity index is 2.02. The zero-order valence-corrected chi connectivity index (χ0v) is 21.2. The fraction of sp³-hybridized carbons (Fsp3) is 0.185. The van der Waals surface area contributed by atoms with Crippen molar-refractivity contribution in [2.45, 2.75) is 30.3 Å². The molecule has 0 amide bonds. The molecule has 0 saturated heterocycles. The molecule has 0 aromatic heterocycles. The number of nitrogens with zero attached hydrogens (tertiary/aromatic N) is 1. The largest absolute Gasteiger partial charge is 0.478 e. The predicted molar refractivity (Wildman–Crippen MR) is 135 cm³/mol. The Morgan fingerprint density at radius 3 is 2.33 bits per heavy atom. The Morgan fingerprint density at radius 2 is 1.69 bits per heavy atom. The van der Waals surface area contributed by atoms with Crippen LogP contribution in [0, 0.1) is 6.92 Å². The summed E-state index contributed by atoms with van der Waals surface area (Å²) in [5, 5.41) is 10.4. The van der Waals surface area contributed by atoms with E-state index in [1.54, 1.807) is 30.3 Å². The molecule has 0 saturated carbocycles. The van der Waals surface area contributed by atoms with Gasteiger partial charge < -0.3 is 9.84 Å². The molecular weight excluding hydrogens is 502 g/mol. The molecule has 0 bridgehead atoms. The summed E-state index contributed by atoms with van der Waals surface area (Å²) < 4.78 is 34.8. The van der Waals surface area contributed by atoms with E-state index in [1.165, 1.54) is 35.7 Å². The topological polar surface area (TPSA) is 101 Å². The van der Waals surface area contributed by atoms with Gasteiger partial charge in [0.1, 0.15) is 0 Å². The summed E-state index contributed by atoms with van der Waals surface area (Å²) in [6, 6.07) is 17.6. The first-order valence-corrected chi connectivity index (χ1v) is 12.9. The standard InChI is InChI=1S/C27H24ClNO6S/c1-17-10-12-18(13-11-17)23-15-14-22(26(30)31)25(19-6-5-7-20(28)16-19)29(23)36(33,34)24-9-4-3-8-21(24)27(32)35-2/h3-14,16,23,25H,15H2,1-2H3,(H,30,31)/t23-,25-/m0/s1. The molecule has 1 aliphatic heterocycles. The summed E-state index contributed by atoms with van der Waals surface area (Å²) in [6.07, 6.45) is 1.68. The summed E-state index contributed by atoms with van der Waals surface area (Å²) in [5.74, 6) is -2.06. The predicted octanol–water partition coefficient (Wildman–Crippen LogP) is 5.32. The molecular formula is C27H24ClNO6S. The van der Waals surface area contributed by atoms with Gasteiger partial charge in [-0.15, -0.1) is 0 Å². The number of carboxylic acid groups (broad SMARTS) is 1. The van der Waals surface area contributed by atoms with E-state index in [0.717, 1.165) is 5.56 Å². The van der Waals surface area contributed by atoms with Crippen LogP contribution in [-0.4, -0.2) is 36.9 Å². The van der Waals surface area contributed by atoms with E-state index in [0.29, 0.717) is 16.1 Å². The lowest BCUT2D eigenvalue weighted by molar-refractivity contribution is -0.133. The van der Waals surface area contributed by atoms with Crippen LogP contribution < -0.4 is 0 Å². The second kappa shape index (κ2) is 10.3. The Morgan fingerprint density at radius 1 is 1.00 bits per heavy atom. The molecule has 7 nitrogen and oxygen atoms in total. The second-order valence-corrected chi connectivity index (χ2v) is 10.7. The van der Waals surface area contributed by atoms with E-state index in [9.17, 15) is 23.1 Å². The summed E-state index contributed by atoms with van der Waals surface area (Å²) in [4.78, 5) is 24.6. The van der Waals surface area contributed by atoms with E-state index in [-0.39, 0.29) is 22.5 Å². The maximum Gasteiger partial charge on any atom is 0.339 e. The highest BCUT2D eigenvalue weighted by atomic mass is 35.5. The summed E-state index contributed by atoms with van der Waals surface area (Å²) in [5.41, 5.74) is 1.84. The van der Waals surface area contributed by atoms with Crippen LogP contribution in [0.15, 0.2) is 89.3 Å². The van der Waals surface area contributed by atoms with Gasteiger partial charge in [0, 0.05) is 5.02 Å². The Labute approximate surface area is 214 Å². The van der Waals surface area contributed by atoms with E-state index >= 15 is 0 Å². The summed E-state index contributed by atoms with van der Waals surface area (Å²) >= 11 is 6.23. The number of hydrogen-bond acceptors (Lipinski definition) is 5. The van der Waals surface area contributed by atoms with E-state index in [2.05, 4.69) is 0 Å². The molecule has 186 valence electrons. The number of sulfonamides is 1. The Kier molecular flexibility index (Phi) is 7.31. The second-order valence-electron chi connectivity index (χ2n) is 8.41. The number of carbonyl (C=O) groups is 2. The number of hydrogen-bond donors (Lipinski definition) is 1. The van der Waals surface area contributed by atoms with Crippen molar-refractivity contribution in [2.75, 3.05) is 7.11 Å². The molecule has 0 radical (unpaired) electrons. The average Bonchev–Trinajstić information content (AvgIpc) is 2.87. The number of carbonyl (C=O) groups excluding carboxylic acids is 1. The highest BCUT2D eigenvalue weighted by Gasteiger charge is 2.45. The van der Waals surface area contributed by atoms with Crippen molar-refractivity contribution in [1.29, 1.82) is 0 Å². The van der Waals surface area contributed by atoms with Gasteiger partial charge in [-0.3, -0.25) is 0 Å². The quantitative estimate of drug-likeness (QED) is 0.437. The number of carboxylic acids is 1. The molecule has 0 unspecified atom stereocenters.